The predicted octanol–water partition coefficient (Wildman–Crippen LogP) is 1.53. The highest BCUT2D eigenvalue weighted by Crippen LogP contribution is 2.26. The molecule has 0 radical (unpaired) electrons. The van der Waals surface area contributed by atoms with Crippen molar-refractivity contribution in [1.29, 1.82) is 0 Å². The average Bonchev–Trinajstić information content (AvgIpc) is 3.20. The number of likely N-dealkylation sites (tertiary alicyclic amines) is 1. The molecule has 1 amide bonds. The first-order valence-electron chi connectivity index (χ1n) is 8.75. The van der Waals surface area contributed by atoms with Crippen LogP contribution in [0.1, 0.15) is 23.7 Å². The van der Waals surface area contributed by atoms with Crippen LogP contribution in [0.4, 0.5) is 0 Å². The summed E-state index contributed by atoms with van der Waals surface area (Å²) in [6.45, 7) is 3.34. The molecule has 3 heterocycles. The van der Waals surface area contributed by atoms with Crippen LogP contribution in [0.15, 0.2) is 42.6 Å². The summed E-state index contributed by atoms with van der Waals surface area (Å²) in [4.78, 5) is 14.5. The number of carbonyl (C=O) groups excluding carboxylic acids is 1. The van der Waals surface area contributed by atoms with E-state index < -0.39 is 0 Å². The van der Waals surface area contributed by atoms with E-state index in [4.69, 9.17) is 4.74 Å². The molecule has 0 saturated carbocycles. The van der Waals surface area contributed by atoms with Crippen LogP contribution in [0.25, 0.3) is 0 Å². The molecule has 2 aliphatic heterocycles. The maximum atomic E-state index is 12.7. The highest BCUT2D eigenvalue weighted by Gasteiger charge is 2.39. The maximum Gasteiger partial charge on any atom is 0.241 e. The van der Waals surface area contributed by atoms with Gasteiger partial charge >= 0.3 is 0 Å². The fraction of sp³-hybridized carbons (Fsp3) is 0.421. The molecule has 132 valence electrons. The number of carbonyl (C=O) groups is 1. The van der Waals surface area contributed by atoms with Crippen molar-refractivity contribution in [1.82, 2.24) is 20.3 Å². The molecule has 0 spiro atoms. The monoisotopic (exact) mass is 340 g/mol. The molecular weight excluding hydrogens is 316 g/mol. The summed E-state index contributed by atoms with van der Waals surface area (Å²) < 4.78 is 8.07. The summed E-state index contributed by atoms with van der Waals surface area (Å²) in [7, 11) is 2.02. The zero-order valence-corrected chi connectivity index (χ0v) is 14.6. The lowest BCUT2D eigenvalue weighted by molar-refractivity contribution is -0.142. The minimum atomic E-state index is -0.181. The molecule has 2 unspecified atom stereocenters. The number of aromatic nitrogens is 1. The summed E-state index contributed by atoms with van der Waals surface area (Å²) in [6, 6.07) is 12.1. The van der Waals surface area contributed by atoms with E-state index in [2.05, 4.69) is 21.5 Å². The molecule has 1 aromatic carbocycles. The van der Waals surface area contributed by atoms with E-state index >= 15 is 0 Å². The van der Waals surface area contributed by atoms with Gasteiger partial charge in [-0.25, -0.2) is 10.9 Å². The molecule has 25 heavy (non-hydrogen) atoms. The molecular formula is C19H24N4O2. The Balaban J connectivity index is 1.29. The smallest absolute Gasteiger partial charge is 0.241 e. The van der Waals surface area contributed by atoms with E-state index in [1.54, 1.807) is 0 Å². The van der Waals surface area contributed by atoms with Crippen LogP contribution in [0.3, 0.4) is 0 Å². The number of hydrogen-bond acceptors (Lipinski definition) is 4. The molecule has 4 rings (SSSR count). The van der Waals surface area contributed by atoms with Gasteiger partial charge < -0.3 is 14.2 Å². The van der Waals surface area contributed by atoms with Gasteiger partial charge in [0.05, 0.1) is 19.1 Å². The van der Waals surface area contributed by atoms with Gasteiger partial charge in [-0.05, 0) is 37.1 Å². The molecule has 2 fully saturated rings. The highest BCUT2D eigenvalue weighted by molar-refractivity contribution is 5.83. The van der Waals surface area contributed by atoms with E-state index in [0.29, 0.717) is 13.1 Å². The third-order valence-corrected chi connectivity index (χ3v) is 5.09. The summed E-state index contributed by atoms with van der Waals surface area (Å²) in [5.41, 5.74) is 8.70. The first-order valence-corrected chi connectivity index (χ1v) is 8.75. The second-order valence-corrected chi connectivity index (χ2v) is 6.92. The van der Waals surface area contributed by atoms with Gasteiger partial charge in [0.1, 0.15) is 17.9 Å². The number of hydrazine groups is 1. The molecule has 2 saturated heterocycles. The Morgan fingerprint density at radius 1 is 1.16 bits per heavy atom. The number of ether oxygens (including phenoxy) is 1. The molecule has 0 bridgehead atoms. The van der Waals surface area contributed by atoms with Gasteiger partial charge in [-0.15, -0.1) is 0 Å². The lowest BCUT2D eigenvalue weighted by atomic mass is 10.0. The van der Waals surface area contributed by atoms with E-state index in [1.165, 1.54) is 5.69 Å². The van der Waals surface area contributed by atoms with Crippen molar-refractivity contribution >= 4 is 5.91 Å². The fourth-order valence-electron chi connectivity index (χ4n) is 3.53. The first-order chi connectivity index (χ1) is 12.1. The second kappa shape index (κ2) is 6.54. The molecule has 2 aromatic rings. The normalized spacial score (nSPS) is 23.5. The Labute approximate surface area is 147 Å². The molecule has 6 nitrogen and oxygen atoms in total. The lowest BCUT2D eigenvalue weighted by Gasteiger charge is -2.40. The van der Waals surface area contributed by atoms with Crippen LogP contribution < -0.4 is 15.6 Å². The zero-order valence-electron chi connectivity index (χ0n) is 14.6. The minimum absolute atomic E-state index is 0.0862. The second-order valence-electron chi connectivity index (χ2n) is 6.92. The first kappa shape index (κ1) is 16.2. The van der Waals surface area contributed by atoms with Crippen molar-refractivity contribution in [3.05, 3.63) is 53.9 Å². The van der Waals surface area contributed by atoms with Crippen LogP contribution in [0.2, 0.25) is 0 Å². The SMILES string of the molecule is Cc1ccccc1OC1CN(C(=O)C2CC(c3cccn3C)NN2)C1. The highest BCUT2D eigenvalue weighted by atomic mass is 16.5. The largest absolute Gasteiger partial charge is 0.486 e. The lowest BCUT2D eigenvalue weighted by Crippen LogP contribution is -2.60. The maximum absolute atomic E-state index is 12.7. The number of nitrogens with zero attached hydrogens (tertiary/aromatic N) is 2. The van der Waals surface area contributed by atoms with Crippen molar-refractivity contribution in [3.63, 3.8) is 0 Å². The fourth-order valence-corrected chi connectivity index (χ4v) is 3.53. The minimum Gasteiger partial charge on any atom is -0.486 e. The number of benzene rings is 1. The van der Waals surface area contributed by atoms with Gasteiger partial charge in [0, 0.05) is 18.9 Å². The van der Waals surface area contributed by atoms with E-state index in [1.807, 2.05) is 55.4 Å². The van der Waals surface area contributed by atoms with Crippen molar-refractivity contribution < 1.29 is 9.53 Å². The number of amides is 1. The molecule has 1 aromatic heterocycles. The number of nitrogens with one attached hydrogen (secondary N) is 2. The number of rotatable bonds is 4. The Morgan fingerprint density at radius 2 is 1.96 bits per heavy atom. The average molecular weight is 340 g/mol. The van der Waals surface area contributed by atoms with Crippen molar-refractivity contribution in [2.75, 3.05) is 13.1 Å². The van der Waals surface area contributed by atoms with Crippen LogP contribution >= 0.6 is 0 Å². The Hall–Kier alpha value is -2.31. The standard InChI is InChI=1S/C19H24N4O2/c1-13-6-3-4-8-18(13)25-14-11-23(12-14)19(24)16-10-15(20-21-16)17-7-5-9-22(17)2/h3-9,14-16,20-21H,10-12H2,1-2H3. The van der Waals surface area contributed by atoms with Gasteiger partial charge in [0.25, 0.3) is 0 Å². The Kier molecular flexibility index (Phi) is 4.23. The van der Waals surface area contributed by atoms with Gasteiger partial charge in [-0.1, -0.05) is 18.2 Å². The van der Waals surface area contributed by atoms with E-state index in [9.17, 15) is 4.79 Å². The van der Waals surface area contributed by atoms with Gasteiger partial charge in [0.15, 0.2) is 0 Å². The Morgan fingerprint density at radius 3 is 2.68 bits per heavy atom. The number of hydrogen-bond donors (Lipinski definition) is 2. The van der Waals surface area contributed by atoms with Crippen molar-refractivity contribution in [3.8, 4) is 5.75 Å². The summed E-state index contributed by atoms with van der Waals surface area (Å²) in [5.74, 6) is 1.05. The topological polar surface area (TPSA) is 58.5 Å². The summed E-state index contributed by atoms with van der Waals surface area (Å²) >= 11 is 0. The molecule has 2 aliphatic rings. The van der Waals surface area contributed by atoms with Crippen molar-refractivity contribution in [2.24, 2.45) is 7.05 Å². The molecule has 2 N–H and O–H groups in total. The van der Waals surface area contributed by atoms with Gasteiger partial charge in [-0.2, -0.15) is 0 Å². The third-order valence-electron chi connectivity index (χ3n) is 5.09. The van der Waals surface area contributed by atoms with Crippen molar-refractivity contribution in [2.45, 2.75) is 31.5 Å². The molecule has 2 atom stereocenters. The molecule has 6 heteroatoms. The van der Waals surface area contributed by atoms with Crippen LogP contribution in [-0.2, 0) is 11.8 Å². The van der Waals surface area contributed by atoms with E-state index in [0.717, 1.165) is 17.7 Å². The van der Waals surface area contributed by atoms with Gasteiger partial charge in [0.2, 0.25) is 5.91 Å². The number of aryl methyl sites for hydroxylation is 2. The summed E-state index contributed by atoms with van der Waals surface area (Å²) in [5, 5.41) is 0. The zero-order chi connectivity index (χ0) is 17.4. The number of para-hydroxylation sites is 1. The van der Waals surface area contributed by atoms with E-state index in [-0.39, 0.29) is 24.1 Å². The van der Waals surface area contributed by atoms with Crippen LogP contribution in [-0.4, -0.2) is 40.6 Å². The van der Waals surface area contributed by atoms with Gasteiger partial charge in [-0.3, -0.25) is 4.79 Å². The third kappa shape index (κ3) is 3.15. The Bertz CT molecular complexity index is 766. The molecule has 0 aliphatic carbocycles. The quantitative estimate of drug-likeness (QED) is 0.886. The predicted molar refractivity (Wildman–Crippen MR) is 95.0 cm³/mol. The van der Waals surface area contributed by atoms with Crippen LogP contribution in [0, 0.1) is 6.92 Å². The summed E-state index contributed by atoms with van der Waals surface area (Å²) in [6.07, 6.45) is 2.87. The van der Waals surface area contributed by atoms with Crippen LogP contribution in [0.5, 0.6) is 5.75 Å².